The number of halogens is 1. The summed E-state index contributed by atoms with van der Waals surface area (Å²) in [6, 6.07) is 9.13. The molecule has 0 radical (unpaired) electrons. The van der Waals surface area contributed by atoms with Crippen LogP contribution in [-0.2, 0) is 20.7 Å². The average molecular weight is 479 g/mol. The average Bonchev–Trinajstić information content (AvgIpc) is 2.60. The number of aromatic amines is 1. The lowest BCUT2D eigenvalue weighted by Crippen LogP contribution is -2.21. The van der Waals surface area contributed by atoms with Gasteiger partial charge >= 0.3 is 5.97 Å². The SMILES string of the molecule is Cc1[nH]c(=O)c(C#N)c(C)c1CCC(=O)OCC(=O)Nc1cccc(I)c1. The molecule has 2 N–H and O–H groups in total. The highest BCUT2D eigenvalue weighted by molar-refractivity contribution is 14.1. The van der Waals surface area contributed by atoms with Crippen molar-refractivity contribution in [2.24, 2.45) is 0 Å². The Morgan fingerprint density at radius 2 is 2.07 bits per heavy atom. The number of nitriles is 1. The topological polar surface area (TPSA) is 112 Å². The van der Waals surface area contributed by atoms with E-state index in [-0.39, 0.29) is 18.6 Å². The molecule has 0 fully saturated rings. The lowest BCUT2D eigenvalue weighted by molar-refractivity contribution is -0.147. The number of pyridine rings is 1. The summed E-state index contributed by atoms with van der Waals surface area (Å²) in [5.41, 5.74) is 2.13. The number of hydrogen-bond donors (Lipinski definition) is 2. The highest BCUT2D eigenvalue weighted by atomic mass is 127. The summed E-state index contributed by atoms with van der Waals surface area (Å²) in [5.74, 6) is -0.954. The molecule has 1 amide bonds. The van der Waals surface area contributed by atoms with Crippen molar-refractivity contribution in [1.29, 1.82) is 5.26 Å². The third kappa shape index (κ3) is 5.65. The summed E-state index contributed by atoms with van der Waals surface area (Å²) in [5, 5.41) is 11.7. The summed E-state index contributed by atoms with van der Waals surface area (Å²) in [6.07, 6.45) is 0.343. The number of ether oxygens (including phenoxy) is 1. The lowest BCUT2D eigenvalue weighted by atomic mass is 9.99. The van der Waals surface area contributed by atoms with Gasteiger partial charge in [-0.25, -0.2) is 0 Å². The van der Waals surface area contributed by atoms with Gasteiger partial charge in [-0.05, 0) is 72.2 Å². The zero-order valence-corrected chi connectivity index (χ0v) is 17.0. The van der Waals surface area contributed by atoms with Crippen molar-refractivity contribution >= 4 is 40.2 Å². The summed E-state index contributed by atoms with van der Waals surface area (Å²) >= 11 is 2.13. The Hall–Kier alpha value is -2.67. The van der Waals surface area contributed by atoms with Crippen molar-refractivity contribution in [1.82, 2.24) is 4.98 Å². The van der Waals surface area contributed by atoms with Crippen molar-refractivity contribution in [3.05, 3.63) is 60.6 Å². The third-order valence-corrected chi connectivity index (χ3v) is 4.64. The molecule has 0 aliphatic carbocycles. The van der Waals surface area contributed by atoms with Gasteiger partial charge in [0, 0.05) is 21.4 Å². The molecule has 0 saturated carbocycles. The summed E-state index contributed by atoms with van der Waals surface area (Å²) < 4.78 is 5.98. The molecule has 0 saturated heterocycles. The van der Waals surface area contributed by atoms with Gasteiger partial charge in [0.15, 0.2) is 6.61 Å². The summed E-state index contributed by atoms with van der Waals surface area (Å²) in [6.45, 7) is 3.01. The number of hydrogen-bond acceptors (Lipinski definition) is 5. The molecule has 0 bridgehead atoms. The Morgan fingerprint density at radius 3 is 2.74 bits per heavy atom. The van der Waals surface area contributed by atoms with Crippen LogP contribution in [0.4, 0.5) is 5.69 Å². The van der Waals surface area contributed by atoms with E-state index in [9.17, 15) is 14.4 Å². The third-order valence-electron chi connectivity index (χ3n) is 3.97. The van der Waals surface area contributed by atoms with E-state index >= 15 is 0 Å². The molecule has 0 atom stereocenters. The molecule has 0 unspecified atom stereocenters. The van der Waals surface area contributed by atoms with E-state index in [2.05, 4.69) is 32.9 Å². The van der Waals surface area contributed by atoms with Crippen LogP contribution < -0.4 is 10.9 Å². The smallest absolute Gasteiger partial charge is 0.306 e. The van der Waals surface area contributed by atoms with Crippen LogP contribution >= 0.6 is 22.6 Å². The quantitative estimate of drug-likeness (QED) is 0.489. The largest absolute Gasteiger partial charge is 0.456 e. The number of anilines is 1. The highest BCUT2D eigenvalue weighted by Crippen LogP contribution is 2.15. The van der Waals surface area contributed by atoms with Gasteiger partial charge in [-0.3, -0.25) is 14.4 Å². The number of H-pyrrole nitrogens is 1. The molecule has 2 aromatic rings. The number of benzene rings is 1. The van der Waals surface area contributed by atoms with Gasteiger partial charge in [0.25, 0.3) is 11.5 Å². The van der Waals surface area contributed by atoms with Crippen molar-refractivity contribution in [3.63, 3.8) is 0 Å². The highest BCUT2D eigenvalue weighted by Gasteiger charge is 2.14. The van der Waals surface area contributed by atoms with Crippen molar-refractivity contribution in [2.45, 2.75) is 26.7 Å². The molecule has 1 aromatic carbocycles. The van der Waals surface area contributed by atoms with E-state index < -0.39 is 17.4 Å². The predicted octanol–water partition coefficient (Wildman–Crippen LogP) is 2.58. The fraction of sp³-hybridized carbons (Fsp3) is 0.263. The molecule has 140 valence electrons. The minimum atomic E-state index is -0.531. The Morgan fingerprint density at radius 1 is 1.33 bits per heavy atom. The lowest BCUT2D eigenvalue weighted by Gasteiger charge is -2.11. The van der Waals surface area contributed by atoms with Crippen LogP contribution in [-0.4, -0.2) is 23.5 Å². The molecule has 0 aliphatic heterocycles. The van der Waals surface area contributed by atoms with E-state index in [0.717, 1.165) is 9.13 Å². The molecule has 7 nitrogen and oxygen atoms in total. The van der Waals surface area contributed by atoms with E-state index in [4.69, 9.17) is 10.00 Å². The molecule has 1 aromatic heterocycles. The number of carbonyl (C=O) groups is 2. The van der Waals surface area contributed by atoms with Crippen LogP contribution in [0.25, 0.3) is 0 Å². The number of aromatic nitrogens is 1. The Balaban J connectivity index is 1.89. The second kappa shape index (κ2) is 9.32. The number of rotatable bonds is 6. The molecular formula is C19H18IN3O4. The van der Waals surface area contributed by atoms with E-state index in [1.165, 1.54) is 0 Å². The summed E-state index contributed by atoms with van der Waals surface area (Å²) in [7, 11) is 0. The van der Waals surface area contributed by atoms with Gasteiger partial charge in [-0.1, -0.05) is 6.07 Å². The first-order chi connectivity index (χ1) is 12.8. The first-order valence-corrected chi connectivity index (χ1v) is 9.23. The number of nitrogens with zero attached hydrogens (tertiary/aromatic N) is 1. The van der Waals surface area contributed by atoms with Crippen LogP contribution in [0.15, 0.2) is 29.1 Å². The maximum absolute atomic E-state index is 11.9. The Bertz CT molecular complexity index is 976. The van der Waals surface area contributed by atoms with Crippen molar-refractivity contribution in [3.8, 4) is 6.07 Å². The van der Waals surface area contributed by atoms with Crippen LogP contribution in [0.2, 0.25) is 0 Å². The number of carbonyl (C=O) groups excluding carboxylic acids is 2. The van der Waals surface area contributed by atoms with Gasteiger partial charge in [0.2, 0.25) is 0 Å². The van der Waals surface area contributed by atoms with Crippen LogP contribution in [0, 0.1) is 28.7 Å². The minimum Gasteiger partial charge on any atom is -0.456 e. The van der Waals surface area contributed by atoms with Gasteiger partial charge in [0.1, 0.15) is 11.6 Å². The zero-order valence-electron chi connectivity index (χ0n) is 14.9. The van der Waals surface area contributed by atoms with Crippen molar-refractivity contribution in [2.75, 3.05) is 11.9 Å². The monoisotopic (exact) mass is 479 g/mol. The second-order valence-corrected chi connectivity index (χ2v) is 7.13. The van der Waals surface area contributed by atoms with E-state index in [1.54, 1.807) is 26.0 Å². The van der Waals surface area contributed by atoms with Crippen LogP contribution in [0.5, 0.6) is 0 Å². The fourth-order valence-corrected chi connectivity index (χ4v) is 3.17. The van der Waals surface area contributed by atoms with Crippen LogP contribution in [0.1, 0.15) is 28.8 Å². The zero-order chi connectivity index (χ0) is 20.0. The number of aryl methyl sites for hydroxylation is 1. The molecular weight excluding hydrogens is 461 g/mol. The molecule has 27 heavy (non-hydrogen) atoms. The van der Waals surface area contributed by atoms with Crippen LogP contribution in [0.3, 0.4) is 0 Å². The normalized spacial score (nSPS) is 10.1. The van der Waals surface area contributed by atoms with Crippen molar-refractivity contribution < 1.29 is 14.3 Å². The van der Waals surface area contributed by atoms with E-state index in [1.807, 2.05) is 18.2 Å². The molecule has 8 heteroatoms. The Kier molecular flexibility index (Phi) is 7.12. The fourth-order valence-electron chi connectivity index (χ4n) is 2.63. The first kappa shape index (κ1) is 20.6. The maximum Gasteiger partial charge on any atom is 0.306 e. The Labute approximate surface area is 169 Å². The van der Waals surface area contributed by atoms with Gasteiger partial charge in [-0.2, -0.15) is 5.26 Å². The standard InChI is InChI=1S/C19H18IN3O4/c1-11-15(12(2)22-19(26)16(11)9-21)6-7-18(25)27-10-17(24)23-14-5-3-4-13(20)8-14/h3-5,8H,6-7,10H2,1-2H3,(H,22,26)(H,23,24). The molecule has 1 heterocycles. The van der Waals surface area contributed by atoms with Gasteiger partial charge in [0.05, 0.1) is 0 Å². The maximum atomic E-state index is 11.9. The molecule has 0 aliphatic rings. The number of esters is 1. The molecule has 0 spiro atoms. The second-order valence-electron chi connectivity index (χ2n) is 5.89. The predicted molar refractivity (Wildman–Crippen MR) is 108 cm³/mol. The summed E-state index contributed by atoms with van der Waals surface area (Å²) in [4.78, 5) is 38.1. The number of amides is 1. The van der Waals surface area contributed by atoms with E-state index in [0.29, 0.717) is 23.4 Å². The van der Waals surface area contributed by atoms with Gasteiger partial charge in [-0.15, -0.1) is 0 Å². The van der Waals surface area contributed by atoms with Gasteiger partial charge < -0.3 is 15.0 Å². The first-order valence-electron chi connectivity index (χ1n) is 8.15. The molecule has 2 rings (SSSR count). The minimum absolute atomic E-state index is 0.0368. The number of nitrogens with one attached hydrogen (secondary N) is 2.